The van der Waals surface area contributed by atoms with Gasteiger partial charge < -0.3 is 14.8 Å². The van der Waals surface area contributed by atoms with E-state index in [2.05, 4.69) is 36.2 Å². The number of carbonyl (C=O) groups is 1. The number of amides is 2. The fourth-order valence-electron chi connectivity index (χ4n) is 2.48. The van der Waals surface area contributed by atoms with E-state index in [1.54, 1.807) is 19.1 Å². The summed E-state index contributed by atoms with van der Waals surface area (Å²) in [4.78, 5) is 35.0. The number of hydrogen-bond donors (Lipinski definition) is 1. The lowest BCUT2D eigenvalue weighted by Gasteiger charge is -2.10. The summed E-state index contributed by atoms with van der Waals surface area (Å²) >= 11 is 9.45. The van der Waals surface area contributed by atoms with Gasteiger partial charge in [0.25, 0.3) is 5.69 Å². The Morgan fingerprint density at radius 2 is 1.97 bits per heavy atom. The summed E-state index contributed by atoms with van der Waals surface area (Å²) < 4.78 is 11.6. The maximum Gasteiger partial charge on any atom is 0.348 e. The first-order valence-corrected chi connectivity index (χ1v) is 10.3. The molecule has 1 N–H and O–H groups in total. The lowest BCUT2D eigenvalue weighted by molar-refractivity contribution is -0.385. The number of halogens is 2. The number of ether oxygens (including phenoxy) is 2. The maximum atomic E-state index is 12.4. The smallest absolute Gasteiger partial charge is 0.348 e. The summed E-state index contributed by atoms with van der Waals surface area (Å²) in [6.45, 7) is 1.84. The Morgan fingerprint density at radius 1 is 1.25 bits per heavy atom. The predicted octanol–water partition coefficient (Wildman–Crippen LogP) is 5.61. The zero-order chi connectivity index (χ0) is 23.1. The van der Waals surface area contributed by atoms with Gasteiger partial charge in [-0.3, -0.25) is 10.1 Å². The molecule has 1 aromatic heterocycles. The van der Waals surface area contributed by atoms with E-state index >= 15 is 0 Å². The molecule has 0 saturated carbocycles. The second kappa shape index (κ2) is 10.6. The van der Waals surface area contributed by atoms with Crippen LogP contribution in [-0.2, 0) is 4.74 Å². The lowest BCUT2D eigenvalue weighted by atomic mass is 10.2. The second-order valence-electron chi connectivity index (χ2n) is 5.99. The monoisotopic (exact) mass is 519 g/mol. The van der Waals surface area contributed by atoms with Gasteiger partial charge in [-0.2, -0.15) is 4.99 Å². The number of para-hydroxylation sites is 1. The molecule has 0 saturated heterocycles. The summed E-state index contributed by atoms with van der Waals surface area (Å²) in [6, 6.07) is 9.67. The molecule has 12 heteroatoms. The van der Waals surface area contributed by atoms with E-state index in [0.29, 0.717) is 10.2 Å². The molecular formula is C20H15BrClN5O5. The zero-order valence-electron chi connectivity index (χ0n) is 16.5. The van der Waals surface area contributed by atoms with Gasteiger partial charge in [0.2, 0.25) is 5.90 Å². The highest BCUT2D eigenvalue weighted by Gasteiger charge is 2.20. The summed E-state index contributed by atoms with van der Waals surface area (Å²) in [5.41, 5.74) is 0.184. The quantitative estimate of drug-likeness (QED) is 0.194. The summed E-state index contributed by atoms with van der Waals surface area (Å²) in [5, 5.41) is 14.0. The number of nitrogens with one attached hydrogen (secondary N) is 1. The van der Waals surface area contributed by atoms with Gasteiger partial charge in [-0.1, -0.05) is 23.7 Å². The largest absolute Gasteiger partial charge is 0.477 e. The molecule has 1 heterocycles. The molecule has 0 radical (unpaired) electrons. The fourth-order valence-corrected chi connectivity index (χ4v) is 2.90. The van der Waals surface area contributed by atoms with E-state index in [9.17, 15) is 14.9 Å². The number of nitro groups is 1. The molecule has 32 heavy (non-hydrogen) atoms. The Bertz CT molecular complexity index is 1170. The molecule has 0 aliphatic heterocycles. The molecule has 10 nitrogen and oxygen atoms in total. The minimum atomic E-state index is -0.799. The van der Waals surface area contributed by atoms with Crippen LogP contribution in [0.2, 0.25) is 5.02 Å². The SMILES string of the molecule is CCO/C(=N\C(=O)Nc1ccc(Oc2ncc(Br)cn2)c(Cl)c1)c1ccccc1[N+](=O)[O-]. The molecule has 0 aliphatic rings. The molecule has 0 atom stereocenters. The van der Waals surface area contributed by atoms with Crippen molar-refractivity contribution < 1.29 is 19.2 Å². The van der Waals surface area contributed by atoms with Crippen molar-refractivity contribution in [3.05, 3.63) is 80.0 Å². The Labute approximate surface area is 195 Å². The van der Waals surface area contributed by atoms with Crippen LogP contribution in [-0.4, -0.2) is 33.4 Å². The van der Waals surface area contributed by atoms with Gasteiger partial charge in [-0.05, 0) is 47.1 Å². The first kappa shape index (κ1) is 23.1. The van der Waals surface area contributed by atoms with Crippen LogP contribution in [0.25, 0.3) is 0 Å². The molecule has 0 fully saturated rings. The molecule has 3 rings (SSSR count). The molecule has 2 amide bonds. The van der Waals surface area contributed by atoms with Crippen LogP contribution in [0.1, 0.15) is 12.5 Å². The van der Waals surface area contributed by atoms with Crippen molar-refractivity contribution in [1.82, 2.24) is 9.97 Å². The molecule has 0 aliphatic carbocycles. The van der Waals surface area contributed by atoms with Gasteiger partial charge in [0.15, 0.2) is 0 Å². The minimum absolute atomic E-state index is 0.0887. The average molecular weight is 521 g/mol. The number of nitro benzene ring substituents is 1. The first-order chi connectivity index (χ1) is 15.4. The van der Waals surface area contributed by atoms with Crippen molar-refractivity contribution in [3.63, 3.8) is 0 Å². The van der Waals surface area contributed by atoms with Gasteiger partial charge in [0.05, 0.1) is 21.0 Å². The van der Waals surface area contributed by atoms with Crippen LogP contribution in [0.4, 0.5) is 16.2 Å². The Hall–Kier alpha value is -3.57. The standard InChI is InChI=1S/C20H15BrClN5O5/c1-2-31-18(14-5-3-4-6-16(14)27(29)30)26-19(28)25-13-7-8-17(15(22)9-13)32-20-23-10-12(21)11-24-20/h3-11H,2H2,1H3,(H,25,28)/b26-18-. The number of benzene rings is 2. The second-order valence-corrected chi connectivity index (χ2v) is 7.31. The normalized spacial score (nSPS) is 11.0. The van der Waals surface area contributed by atoms with Crippen molar-refractivity contribution >= 4 is 50.8 Å². The van der Waals surface area contributed by atoms with Crippen molar-refractivity contribution in [2.75, 3.05) is 11.9 Å². The predicted molar refractivity (Wildman–Crippen MR) is 122 cm³/mol. The molecule has 2 aromatic carbocycles. The molecule has 0 bridgehead atoms. The van der Waals surface area contributed by atoms with Crippen LogP contribution < -0.4 is 10.1 Å². The highest BCUT2D eigenvalue weighted by atomic mass is 79.9. The summed E-state index contributed by atoms with van der Waals surface area (Å²) in [6.07, 6.45) is 3.05. The van der Waals surface area contributed by atoms with Crippen molar-refractivity contribution in [3.8, 4) is 11.8 Å². The van der Waals surface area contributed by atoms with Gasteiger partial charge in [0, 0.05) is 24.1 Å². The van der Waals surface area contributed by atoms with Gasteiger partial charge in [-0.15, -0.1) is 0 Å². The number of aliphatic imine (C=N–C) groups is 1. The highest BCUT2D eigenvalue weighted by Crippen LogP contribution is 2.30. The third-order valence-corrected chi connectivity index (χ3v) is 4.50. The third-order valence-electron chi connectivity index (χ3n) is 3.80. The first-order valence-electron chi connectivity index (χ1n) is 9.08. The van der Waals surface area contributed by atoms with Gasteiger partial charge in [0.1, 0.15) is 11.3 Å². The van der Waals surface area contributed by atoms with Crippen LogP contribution in [0.5, 0.6) is 11.8 Å². The number of aromatic nitrogens is 2. The number of rotatable bonds is 6. The highest BCUT2D eigenvalue weighted by molar-refractivity contribution is 9.10. The topological polar surface area (TPSA) is 129 Å². The number of anilines is 1. The molecule has 0 spiro atoms. The number of carbonyl (C=O) groups excluding carboxylic acids is 1. The molecule has 3 aromatic rings. The number of urea groups is 1. The lowest BCUT2D eigenvalue weighted by Crippen LogP contribution is -2.15. The van der Waals surface area contributed by atoms with Crippen molar-refractivity contribution in [1.29, 1.82) is 0 Å². The molecule has 0 unspecified atom stereocenters. The molecular weight excluding hydrogens is 506 g/mol. The van der Waals surface area contributed by atoms with Gasteiger partial charge >= 0.3 is 12.0 Å². The van der Waals surface area contributed by atoms with E-state index < -0.39 is 11.0 Å². The van der Waals surface area contributed by atoms with Crippen LogP contribution in [0, 0.1) is 10.1 Å². The Kier molecular flexibility index (Phi) is 7.68. The van der Waals surface area contributed by atoms with E-state index in [-0.39, 0.29) is 40.5 Å². The van der Waals surface area contributed by atoms with Gasteiger partial charge in [-0.25, -0.2) is 14.8 Å². The van der Waals surface area contributed by atoms with E-state index in [1.165, 1.54) is 42.7 Å². The zero-order valence-corrected chi connectivity index (χ0v) is 18.8. The number of nitrogens with zero attached hydrogens (tertiary/aromatic N) is 4. The fraction of sp³-hybridized carbons (Fsp3) is 0.100. The third kappa shape index (κ3) is 5.99. The molecule has 164 valence electrons. The summed E-state index contributed by atoms with van der Waals surface area (Å²) in [7, 11) is 0. The van der Waals surface area contributed by atoms with Crippen LogP contribution >= 0.6 is 27.5 Å². The minimum Gasteiger partial charge on any atom is -0.477 e. The van der Waals surface area contributed by atoms with Crippen LogP contribution in [0.15, 0.2) is 64.3 Å². The Balaban J connectivity index is 1.78. The average Bonchev–Trinajstić information content (AvgIpc) is 2.76. The van der Waals surface area contributed by atoms with E-state index in [0.717, 1.165) is 0 Å². The summed E-state index contributed by atoms with van der Waals surface area (Å²) in [5.74, 6) is 0.112. The van der Waals surface area contributed by atoms with E-state index in [4.69, 9.17) is 21.1 Å². The van der Waals surface area contributed by atoms with Crippen molar-refractivity contribution in [2.24, 2.45) is 4.99 Å². The van der Waals surface area contributed by atoms with Crippen molar-refractivity contribution in [2.45, 2.75) is 6.92 Å². The number of hydrogen-bond acceptors (Lipinski definition) is 7. The maximum absolute atomic E-state index is 12.4. The van der Waals surface area contributed by atoms with E-state index in [1.807, 2.05) is 0 Å². The van der Waals surface area contributed by atoms with Crippen LogP contribution in [0.3, 0.4) is 0 Å². The Morgan fingerprint density at radius 3 is 2.62 bits per heavy atom.